The van der Waals surface area contributed by atoms with Crippen LogP contribution in [0.5, 0.6) is 0 Å². The fraction of sp³-hybridized carbons (Fsp3) is 0.900. The summed E-state index contributed by atoms with van der Waals surface area (Å²) in [5.41, 5.74) is 0. The molecule has 0 rings (SSSR count). The lowest BCUT2D eigenvalue weighted by Crippen LogP contribution is -2.38. The van der Waals surface area contributed by atoms with Crippen molar-refractivity contribution >= 4 is 17.3 Å². The first kappa shape index (κ1) is 13.7. The third-order valence-electron chi connectivity index (χ3n) is 2.00. The quantitative estimate of drug-likeness (QED) is 0.518. The molecule has 0 bridgehead atoms. The molecule has 0 saturated heterocycles. The first-order chi connectivity index (χ1) is 6.72. The summed E-state index contributed by atoms with van der Waals surface area (Å²) in [4.78, 5) is 2.06. The summed E-state index contributed by atoms with van der Waals surface area (Å²) >= 11 is 5.21. The molecule has 0 aromatic carbocycles. The minimum absolute atomic E-state index is 0.794. The Morgan fingerprint density at radius 3 is 2.71 bits per heavy atom. The van der Waals surface area contributed by atoms with Crippen LogP contribution >= 0.6 is 12.2 Å². The van der Waals surface area contributed by atoms with E-state index in [1.165, 1.54) is 12.8 Å². The first-order valence-corrected chi connectivity index (χ1v) is 5.61. The second-order valence-electron chi connectivity index (χ2n) is 3.35. The number of ether oxygens (including phenoxy) is 1. The Labute approximate surface area is 92.8 Å². The van der Waals surface area contributed by atoms with E-state index in [1.54, 1.807) is 7.11 Å². The molecule has 0 saturated carbocycles. The molecular formula is C10H22N2OS. The van der Waals surface area contributed by atoms with Crippen LogP contribution in [0, 0.1) is 0 Å². The lowest BCUT2D eigenvalue weighted by Gasteiger charge is -2.20. The summed E-state index contributed by atoms with van der Waals surface area (Å²) in [6.45, 7) is 4.89. The molecule has 0 aliphatic rings. The summed E-state index contributed by atoms with van der Waals surface area (Å²) < 4.78 is 4.98. The molecule has 0 unspecified atom stereocenters. The van der Waals surface area contributed by atoms with Crippen LogP contribution in [-0.4, -0.2) is 43.9 Å². The van der Waals surface area contributed by atoms with Gasteiger partial charge in [-0.05, 0) is 25.1 Å². The molecule has 3 nitrogen and oxygen atoms in total. The third-order valence-corrected chi connectivity index (χ3v) is 2.45. The zero-order chi connectivity index (χ0) is 10.8. The SMILES string of the molecule is CCCCNC(=S)N(C)CCCOC. The molecule has 84 valence electrons. The van der Waals surface area contributed by atoms with E-state index in [4.69, 9.17) is 17.0 Å². The molecule has 0 spiro atoms. The van der Waals surface area contributed by atoms with Gasteiger partial charge in [0.05, 0.1) is 0 Å². The zero-order valence-electron chi connectivity index (χ0n) is 9.51. The molecule has 0 aromatic heterocycles. The second kappa shape index (κ2) is 9.21. The second-order valence-corrected chi connectivity index (χ2v) is 3.74. The zero-order valence-corrected chi connectivity index (χ0v) is 10.3. The van der Waals surface area contributed by atoms with Gasteiger partial charge in [0.2, 0.25) is 0 Å². The van der Waals surface area contributed by atoms with Gasteiger partial charge < -0.3 is 15.0 Å². The molecule has 0 heterocycles. The van der Waals surface area contributed by atoms with Crippen LogP contribution in [-0.2, 0) is 4.74 Å². The highest BCUT2D eigenvalue weighted by Gasteiger charge is 2.01. The van der Waals surface area contributed by atoms with Crippen molar-refractivity contribution in [3.05, 3.63) is 0 Å². The van der Waals surface area contributed by atoms with Gasteiger partial charge in [0, 0.05) is 33.9 Å². The van der Waals surface area contributed by atoms with Crippen molar-refractivity contribution in [3.63, 3.8) is 0 Å². The van der Waals surface area contributed by atoms with Crippen molar-refractivity contribution in [1.82, 2.24) is 10.2 Å². The van der Waals surface area contributed by atoms with Gasteiger partial charge in [0.15, 0.2) is 5.11 Å². The number of nitrogens with one attached hydrogen (secondary N) is 1. The number of unbranched alkanes of at least 4 members (excludes halogenated alkanes) is 1. The maximum atomic E-state index is 5.21. The number of thiocarbonyl (C=S) groups is 1. The molecule has 1 N–H and O–H groups in total. The first-order valence-electron chi connectivity index (χ1n) is 5.20. The minimum atomic E-state index is 0.794. The Bertz CT molecular complexity index is 153. The number of hydrogen-bond donors (Lipinski definition) is 1. The predicted octanol–water partition coefficient (Wildman–Crippen LogP) is 1.63. The van der Waals surface area contributed by atoms with Gasteiger partial charge in [-0.2, -0.15) is 0 Å². The number of hydrogen-bond acceptors (Lipinski definition) is 2. The predicted molar refractivity (Wildman–Crippen MR) is 64.6 cm³/mol. The monoisotopic (exact) mass is 218 g/mol. The normalized spacial score (nSPS) is 9.93. The Hall–Kier alpha value is -0.350. The fourth-order valence-corrected chi connectivity index (χ4v) is 1.25. The summed E-state index contributed by atoms with van der Waals surface area (Å²) in [5.74, 6) is 0. The van der Waals surface area contributed by atoms with Gasteiger partial charge >= 0.3 is 0 Å². The average Bonchev–Trinajstić information content (AvgIpc) is 2.18. The highest BCUT2D eigenvalue weighted by Crippen LogP contribution is 1.91. The standard InChI is InChI=1S/C10H22N2OS/c1-4-5-7-11-10(14)12(2)8-6-9-13-3/h4-9H2,1-3H3,(H,11,14). The highest BCUT2D eigenvalue weighted by atomic mass is 32.1. The van der Waals surface area contributed by atoms with E-state index in [-0.39, 0.29) is 0 Å². The summed E-state index contributed by atoms with van der Waals surface area (Å²) in [5, 5.41) is 4.07. The molecular weight excluding hydrogens is 196 g/mol. The molecule has 0 radical (unpaired) electrons. The summed E-state index contributed by atoms with van der Waals surface area (Å²) in [7, 11) is 3.73. The highest BCUT2D eigenvalue weighted by molar-refractivity contribution is 7.80. The van der Waals surface area contributed by atoms with Crippen LogP contribution in [0.3, 0.4) is 0 Å². The van der Waals surface area contributed by atoms with Gasteiger partial charge in [0.25, 0.3) is 0 Å². The van der Waals surface area contributed by atoms with Gasteiger partial charge in [-0.25, -0.2) is 0 Å². The largest absolute Gasteiger partial charge is 0.385 e. The third kappa shape index (κ3) is 7.09. The number of rotatable bonds is 7. The number of nitrogens with zero attached hydrogens (tertiary/aromatic N) is 1. The summed E-state index contributed by atoms with van der Waals surface area (Å²) in [6.07, 6.45) is 3.39. The number of methoxy groups -OCH3 is 1. The van der Waals surface area contributed by atoms with Crippen LogP contribution in [0.4, 0.5) is 0 Å². The maximum absolute atomic E-state index is 5.21. The van der Waals surface area contributed by atoms with E-state index in [9.17, 15) is 0 Å². The molecule has 0 aliphatic heterocycles. The Balaban J connectivity index is 3.44. The van der Waals surface area contributed by atoms with Crippen LogP contribution in [0.2, 0.25) is 0 Å². The lowest BCUT2D eigenvalue weighted by atomic mass is 10.3. The molecule has 0 aromatic rings. The molecule has 14 heavy (non-hydrogen) atoms. The van der Waals surface area contributed by atoms with Gasteiger partial charge in [0.1, 0.15) is 0 Å². The molecule has 0 atom stereocenters. The minimum Gasteiger partial charge on any atom is -0.385 e. The topological polar surface area (TPSA) is 24.5 Å². The van der Waals surface area contributed by atoms with Gasteiger partial charge in [-0.1, -0.05) is 13.3 Å². The average molecular weight is 218 g/mol. The smallest absolute Gasteiger partial charge is 0.168 e. The fourth-order valence-electron chi connectivity index (χ4n) is 1.05. The van der Waals surface area contributed by atoms with Crippen LogP contribution < -0.4 is 5.32 Å². The van der Waals surface area contributed by atoms with Crippen molar-refractivity contribution < 1.29 is 4.74 Å². The molecule has 4 heteroatoms. The van der Waals surface area contributed by atoms with E-state index in [0.29, 0.717) is 0 Å². The van der Waals surface area contributed by atoms with Crippen LogP contribution in [0.15, 0.2) is 0 Å². The Kier molecular flexibility index (Phi) is 8.98. The Morgan fingerprint density at radius 1 is 1.43 bits per heavy atom. The van der Waals surface area contributed by atoms with Crippen LogP contribution in [0.1, 0.15) is 26.2 Å². The van der Waals surface area contributed by atoms with E-state index in [1.807, 2.05) is 7.05 Å². The van der Waals surface area contributed by atoms with Crippen molar-refractivity contribution in [1.29, 1.82) is 0 Å². The lowest BCUT2D eigenvalue weighted by molar-refractivity contribution is 0.188. The molecule has 0 aliphatic carbocycles. The van der Waals surface area contributed by atoms with Crippen molar-refractivity contribution in [3.8, 4) is 0 Å². The van der Waals surface area contributed by atoms with E-state index in [0.717, 1.165) is 31.2 Å². The Morgan fingerprint density at radius 2 is 2.14 bits per heavy atom. The van der Waals surface area contributed by atoms with E-state index >= 15 is 0 Å². The molecule has 0 fully saturated rings. The van der Waals surface area contributed by atoms with E-state index in [2.05, 4.69) is 17.1 Å². The van der Waals surface area contributed by atoms with Crippen molar-refractivity contribution in [2.75, 3.05) is 33.9 Å². The van der Waals surface area contributed by atoms with Gasteiger partial charge in [-0.3, -0.25) is 0 Å². The van der Waals surface area contributed by atoms with Crippen molar-refractivity contribution in [2.24, 2.45) is 0 Å². The van der Waals surface area contributed by atoms with Crippen molar-refractivity contribution in [2.45, 2.75) is 26.2 Å². The molecule has 0 amide bonds. The van der Waals surface area contributed by atoms with E-state index < -0.39 is 0 Å². The maximum Gasteiger partial charge on any atom is 0.168 e. The van der Waals surface area contributed by atoms with Gasteiger partial charge in [-0.15, -0.1) is 0 Å². The summed E-state index contributed by atoms with van der Waals surface area (Å²) in [6, 6.07) is 0. The van der Waals surface area contributed by atoms with Crippen LogP contribution in [0.25, 0.3) is 0 Å².